The minimum absolute atomic E-state index is 0.0648. The highest BCUT2D eigenvalue weighted by atomic mass is 16.5. The number of phenolic OH excluding ortho intramolecular Hbond substituents is 1. The number of hydrogen-bond donors (Lipinski definition) is 6. The van der Waals surface area contributed by atoms with Gasteiger partial charge < -0.3 is 45.3 Å². The average Bonchev–Trinajstić information content (AvgIpc) is 3.83. The van der Waals surface area contributed by atoms with Crippen LogP contribution < -0.4 is 20.9 Å². The van der Waals surface area contributed by atoms with Gasteiger partial charge in [-0.3, -0.25) is 19.3 Å². The largest absolute Gasteiger partial charge is 0.506 e. The highest BCUT2D eigenvalue weighted by molar-refractivity contribution is 5.94. The molecule has 348 valence electrons. The van der Waals surface area contributed by atoms with Gasteiger partial charge in [0.05, 0.1) is 18.2 Å². The third-order valence-corrected chi connectivity index (χ3v) is 12.8. The number of piperidine rings is 1. The second kappa shape index (κ2) is 21.6. The van der Waals surface area contributed by atoms with Crippen molar-refractivity contribution in [2.75, 3.05) is 52.5 Å². The zero-order valence-corrected chi connectivity index (χ0v) is 37.3. The Labute approximate surface area is 389 Å². The van der Waals surface area contributed by atoms with Gasteiger partial charge in [-0.15, -0.1) is 0 Å². The molecule has 0 bridgehead atoms. The minimum Gasteiger partial charge on any atom is -0.506 e. The van der Waals surface area contributed by atoms with Crippen LogP contribution in [0.1, 0.15) is 63.5 Å². The SMILES string of the molecule is O=C(NC1CCN(C(=O)COc2cccc(C(O)(C(=O)OCC3CCN(Cc4ccccc4)CC3)c3ccccc3)c2)C1)c1ccc(CCNCC(O)c2ccc(O)c3[nH]c(=O)ccc23)cc1. The van der Waals surface area contributed by atoms with Crippen molar-refractivity contribution < 1.29 is 39.2 Å². The standard InChI is InChI=1S/C53H57N5O9/c59-46-20-18-44(45-19-21-48(61)56-50(45)46)47(60)31-54-26-22-36-14-16-39(17-15-36)51(63)55-42-25-29-58(33-42)49(62)35-66-43-13-7-12-41(30-43)53(65,40-10-5-2-6-11-40)52(64)67-34-38-23-27-57(28-24-38)32-37-8-3-1-4-9-37/h1-21,30,38,42,47,54,59-60,65H,22-29,31-35H2,(H,55,63)(H,56,61). The first-order valence-electron chi connectivity index (χ1n) is 22.9. The lowest BCUT2D eigenvalue weighted by Gasteiger charge is -2.33. The third-order valence-electron chi connectivity index (χ3n) is 12.8. The number of aromatic amines is 1. The number of amides is 2. The molecule has 3 unspecified atom stereocenters. The fourth-order valence-corrected chi connectivity index (χ4v) is 8.91. The summed E-state index contributed by atoms with van der Waals surface area (Å²) in [7, 11) is 0. The Morgan fingerprint density at radius 1 is 0.806 bits per heavy atom. The van der Waals surface area contributed by atoms with Crippen molar-refractivity contribution in [3.63, 3.8) is 0 Å². The molecule has 5 aromatic carbocycles. The summed E-state index contributed by atoms with van der Waals surface area (Å²) < 4.78 is 11.8. The number of nitrogens with zero attached hydrogens (tertiary/aromatic N) is 2. The van der Waals surface area contributed by atoms with Crippen molar-refractivity contribution in [1.82, 2.24) is 25.4 Å². The molecule has 14 nitrogen and oxygen atoms in total. The number of aliphatic hydroxyl groups is 2. The number of H-pyrrole nitrogens is 1. The Kier molecular flexibility index (Phi) is 15.1. The molecule has 0 radical (unpaired) electrons. The Morgan fingerprint density at radius 2 is 1.54 bits per heavy atom. The fraction of sp³-hybridized carbons (Fsp3) is 0.321. The number of phenols is 1. The molecule has 14 heteroatoms. The van der Waals surface area contributed by atoms with Crippen LogP contribution in [0.25, 0.3) is 10.9 Å². The Hall–Kier alpha value is -6.84. The number of hydrogen-bond acceptors (Lipinski definition) is 11. The number of aromatic hydroxyl groups is 1. The van der Waals surface area contributed by atoms with Crippen molar-refractivity contribution in [3.05, 3.63) is 177 Å². The van der Waals surface area contributed by atoms with Gasteiger partial charge in [-0.2, -0.15) is 0 Å². The lowest BCUT2D eigenvalue weighted by atomic mass is 9.86. The quantitative estimate of drug-likeness (QED) is 0.0491. The first-order valence-corrected chi connectivity index (χ1v) is 22.9. The van der Waals surface area contributed by atoms with Gasteiger partial charge in [-0.05, 0) is 110 Å². The normalized spacial score (nSPS) is 16.9. The number of rotatable bonds is 18. The van der Waals surface area contributed by atoms with Crippen LogP contribution in [-0.4, -0.2) is 106 Å². The van der Waals surface area contributed by atoms with Crippen LogP contribution in [0.3, 0.4) is 0 Å². The van der Waals surface area contributed by atoms with Crippen molar-refractivity contribution >= 4 is 28.7 Å². The predicted molar refractivity (Wildman–Crippen MR) is 253 cm³/mol. The fourth-order valence-electron chi connectivity index (χ4n) is 8.91. The topological polar surface area (TPSA) is 194 Å². The maximum Gasteiger partial charge on any atom is 0.347 e. The molecule has 6 N–H and O–H groups in total. The summed E-state index contributed by atoms with van der Waals surface area (Å²) in [5.41, 5.74) is 1.80. The van der Waals surface area contributed by atoms with Crippen molar-refractivity contribution in [2.24, 2.45) is 5.92 Å². The summed E-state index contributed by atoms with van der Waals surface area (Å²) in [4.78, 5) is 58.8. The predicted octanol–water partition coefficient (Wildman–Crippen LogP) is 5.20. The molecule has 2 saturated heterocycles. The number of carbonyl (C=O) groups is 3. The zero-order valence-electron chi connectivity index (χ0n) is 37.3. The number of aliphatic hydroxyl groups excluding tert-OH is 1. The molecule has 3 heterocycles. The van der Waals surface area contributed by atoms with Crippen LogP contribution in [0.2, 0.25) is 0 Å². The molecule has 6 aromatic rings. The first-order chi connectivity index (χ1) is 32.5. The summed E-state index contributed by atoms with van der Waals surface area (Å²) in [5, 5.41) is 40.0. The second-order valence-corrected chi connectivity index (χ2v) is 17.4. The van der Waals surface area contributed by atoms with Gasteiger partial charge in [0.15, 0.2) is 6.61 Å². The van der Waals surface area contributed by atoms with Gasteiger partial charge in [0.25, 0.3) is 11.8 Å². The summed E-state index contributed by atoms with van der Waals surface area (Å²) in [6, 6.07) is 38.7. The van der Waals surface area contributed by atoms with Crippen LogP contribution in [0.15, 0.2) is 138 Å². The average molecular weight is 908 g/mol. The molecular weight excluding hydrogens is 851 g/mol. The summed E-state index contributed by atoms with van der Waals surface area (Å²) >= 11 is 0. The minimum atomic E-state index is -2.11. The number of pyridine rings is 1. The number of fused-ring (bicyclic) bond motifs is 1. The Bertz CT molecular complexity index is 2690. The van der Waals surface area contributed by atoms with E-state index in [1.165, 1.54) is 17.7 Å². The van der Waals surface area contributed by atoms with Crippen LogP contribution in [0.5, 0.6) is 11.5 Å². The van der Waals surface area contributed by atoms with E-state index < -0.39 is 17.7 Å². The molecule has 0 spiro atoms. The lowest BCUT2D eigenvalue weighted by Crippen LogP contribution is -2.40. The number of carbonyl (C=O) groups excluding carboxylic acids is 3. The van der Waals surface area contributed by atoms with Gasteiger partial charge in [0.1, 0.15) is 11.5 Å². The summed E-state index contributed by atoms with van der Waals surface area (Å²) in [5.74, 6) is -0.852. The van der Waals surface area contributed by atoms with Crippen molar-refractivity contribution in [3.8, 4) is 11.5 Å². The van der Waals surface area contributed by atoms with Crippen LogP contribution in [-0.2, 0) is 32.9 Å². The van der Waals surface area contributed by atoms with Gasteiger partial charge >= 0.3 is 5.97 Å². The van der Waals surface area contributed by atoms with Gasteiger partial charge in [-0.1, -0.05) is 91.0 Å². The van der Waals surface area contributed by atoms with E-state index in [2.05, 4.69) is 32.7 Å². The maximum atomic E-state index is 13.9. The first kappa shape index (κ1) is 46.7. The molecule has 0 aliphatic carbocycles. The third kappa shape index (κ3) is 11.6. The van der Waals surface area contributed by atoms with Crippen LogP contribution in [0, 0.1) is 5.92 Å². The maximum absolute atomic E-state index is 13.9. The second-order valence-electron chi connectivity index (χ2n) is 17.4. The van der Waals surface area contributed by atoms with E-state index in [-0.39, 0.29) is 65.9 Å². The molecule has 0 saturated carbocycles. The van der Waals surface area contributed by atoms with Crippen LogP contribution in [0.4, 0.5) is 0 Å². The van der Waals surface area contributed by atoms with Gasteiger partial charge in [-0.25, -0.2) is 4.79 Å². The number of ether oxygens (including phenoxy) is 2. The number of esters is 1. The number of benzene rings is 5. The van der Waals surface area contributed by atoms with E-state index in [9.17, 15) is 34.5 Å². The molecule has 2 fully saturated rings. The van der Waals surface area contributed by atoms with E-state index in [4.69, 9.17) is 9.47 Å². The molecule has 8 rings (SSSR count). The summed E-state index contributed by atoms with van der Waals surface area (Å²) in [6.07, 6.45) is 2.13. The number of aromatic nitrogens is 1. The summed E-state index contributed by atoms with van der Waals surface area (Å²) in [6.45, 7) is 4.20. The van der Waals surface area contributed by atoms with E-state index in [0.29, 0.717) is 60.3 Å². The highest BCUT2D eigenvalue weighted by Gasteiger charge is 2.42. The molecule has 67 heavy (non-hydrogen) atoms. The molecule has 1 aromatic heterocycles. The highest BCUT2D eigenvalue weighted by Crippen LogP contribution is 2.34. The Balaban J connectivity index is 0.781. The molecule has 3 atom stereocenters. The monoisotopic (exact) mass is 907 g/mol. The van der Waals surface area contributed by atoms with E-state index >= 15 is 0 Å². The molecular formula is C53H57N5O9. The van der Waals surface area contributed by atoms with Gasteiger partial charge in [0.2, 0.25) is 11.2 Å². The number of likely N-dealkylation sites (tertiary alicyclic amines) is 2. The van der Waals surface area contributed by atoms with E-state index in [1.807, 2.05) is 36.4 Å². The smallest absolute Gasteiger partial charge is 0.347 e. The molecule has 2 aliphatic rings. The number of nitrogens with one attached hydrogen (secondary N) is 3. The van der Waals surface area contributed by atoms with Gasteiger partial charge in [0, 0.05) is 54.8 Å². The van der Waals surface area contributed by atoms with E-state index in [1.54, 1.807) is 77.7 Å². The molecule has 2 aliphatic heterocycles. The van der Waals surface area contributed by atoms with E-state index in [0.717, 1.165) is 38.0 Å². The van der Waals surface area contributed by atoms with Crippen LogP contribution >= 0.6 is 0 Å². The molecule has 2 amide bonds. The lowest BCUT2D eigenvalue weighted by molar-refractivity contribution is -0.164. The van der Waals surface area contributed by atoms with Crippen molar-refractivity contribution in [2.45, 2.75) is 50.0 Å². The van der Waals surface area contributed by atoms with Crippen molar-refractivity contribution in [1.29, 1.82) is 0 Å². The Morgan fingerprint density at radius 3 is 2.30 bits per heavy atom. The zero-order chi connectivity index (χ0) is 46.8.